The summed E-state index contributed by atoms with van der Waals surface area (Å²) in [6.07, 6.45) is 4.27. The molecule has 3 heteroatoms. The zero-order valence-electron chi connectivity index (χ0n) is 7.20. The Morgan fingerprint density at radius 2 is 2.15 bits per heavy atom. The normalized spacial score (nSPS) is 10.5. The van der Waals surface area contributed by atoms with Gasteiger partial charge in [0.15, 0.2) is 6.19 Å². The molecule has 0 saturated heterocycles. The molecule has 0 bridgehead atoms. The average Bonchev–Trinajstić information content (AvgIpc) is 2.17. The molecule has 66 valence electrons. The summed E-state index contributed by atoms with van der Waals surface area (Å²) in [6.45, 7) is 0. The molecule has 1 aromatic carbocycles. The van der Waals surface area contributed by atoms with Gasteiger partial charge in [-0.2, -0.15) is 5.26 Å². The van der Waals surface area contributed by atoms with Crippen LogP contribution >= 0.6 is 0 Å². The molecule has 0 fully saturated rings. The van der Waals surface area contributed by atoms with Gasteiger partial charge in [0.1, 0.15) is 5.82 Å². The highest BCUT2D eigenvalue weighted by Crippen LogP contribution is 2.00. The van der Waals surface area contributed by atoms with Gasteiger partial charge >= 0.3 is 0 Å². The number of rotatable bonds is 3. The summed E-state index contributed by atoms with van der Waals surface area (Å²) >= 11 is 0. The Morgan fingerprint density at radius 1 is 1.46 bits per heavy atom. The van der Waals surface area contributed by atoms with E-state index in [4.69, 9.17) is 11.0 Å². The van der Waals surface area contributed by atoms with Crippen LogP contribution in [0.25, 0.3) is 0 Å². The van der Waals surface area contributed by atoms with Crippen LogP contribution in [0.2, 0.25) is 0 Å². The minimum atomic E-state index is 0.395. The number of benzene rings is 1. The molecule has 0 aliphatic heterocycles. The van der Waals surface area contributed by atoms with Gasteiger partial charge in [-0.3, -0.25) is 5.32 Å². The molecule has 0 aliphatic carbocycles. The van der Waals surface area contributed by atoms with E-state index in [-0.39, 0.29) is 0 Å². The zero-order chi connectivity index (χ0) is 9.52. The predicted octanol–water partition coefficient (Wildman–Crippen LogP) is 1.10. The standard InChI is InChI=1S/C10H11N3/c11-8-13-10(12)7-6-9-4-2-1-3-5-9/h1-5,7,13H,6,12H2/b10-7+. The fourth-order valence-electron chi connectivity index (χ4n) is 0.957. The molecule has 13 heavy (non-hydrogen) atoms. The maximum atomic E-state index is 8.25. The first-order valence-electron chi connectivity index (χ1n) is 3.97. The number of nitrogens with zero attached hydrogens (tertiary/aromatic N) is 1. The van der Waals surface area contributed by atoms with Crippen LogP contribution in [0.15, 0.2) is 42.2 Å². The summed E-state index contributed by atoms with van der Waals surface area (Å²) in [6, 6.07) is 9.92. The molecule has 0 unspecified atom stereocenters. The second-order valence-electron chi connectivity index (χ2n) is 2.59. The first-order chi connectivity index (χ1) is 6.33. The Balaban J connectivity index is 2.53. The molecule has 3 nitrogen and oxygen atoms in total. The molecule has 0 atom stereocenters. The number of hydrogen-bond donors (Lipinski definition) is 2. The molecule has 0 heterocycles. The lowest BCUT2D eigenvalue weighted by atomic mass is 10.1. The minimum Gasteiger partial charge on any atom is -0.385 e. The summed E-state index contributed by atoms with van der Waals surface area (Å²) in [7, 11) is 0. The van der Waals surface area contributed by atoms with E-state index in [1.165, 1.54) is 5.56 Å². The largest absolute Gasteiger partial charge is 0.385 e. The van der Waals surface area contributed by atoms with Crippen LogP contribution in [-0.4, -0.2) is 0 Å². The monoisotopic (exact) mass is 173 g/mol. The number of nitrogens with one attached hydrogen (secondary N) is 1. The fraction of sp³-hybridized carbons (Fsp3) is 0.100. The summed E-state index contributed by atoms with van der Waals surface area (Å²) in [5.41, 5.74) is 6.63. The van der Waals surface area contributed by atoms with Crippen LogP contribution in [0.5, 0.6) is 0 Å². The molecule has 0 aliphatic rings. The molecule has 3 N–H and O–H groups in total. The van der Waals surface area contributed by atoms with E-state index in [9.17, 15) is 0 Å². The number of nitriles is 1. The van der Waals surface area contributed by atoms with Crippen LogP contribution < -0.4 is 11.1 Å². The summed E-state index contributed by atoms with van der Waals surface area (Å²) < 4.78 is 0. The van der Waals surface area contributed by atoms with Crippen LogP contribution in [0.3, 0.4) is 0 Å². The van der Waals surface area contributed by atoms with Crippen molar-refractivity contribution in [3.8, 4) is 6.19 Å². The molecule has 0 amide bonds. The van der Waals surface area contributed by atoms with Gasteiger partial charge in [0, 0.05) is 0 Å². The van der Waals surface area contributed by atoms with Gasteiger partial charge in [-0.05, 0) is 18.1 Å². The SMILES string of the molecule is N#CN/C(N)=C/Cc1ccccc1. The van der Waals surface area contributed by atoms with Crippen molar-refractivity contribution in [2.45, 2.75) is 6.42 Å². The molecule has 0 aromatic heterocycles. The second-order valence-corrected chi connectivity index (χ2v) is 2.59. The van der Waals surface area contributed by atoms with Crippen molar-refractivity contribution in [3.63, 3.8) is 0 Å². The van der Waals surface area contributed by atoms with E-state index < -0.39 is 0 Å². The van der Waals surface area contributed by atoms with Crippen LogP contribution in [0.4, 0.5) is 0 Å². The molecule has 0 radical (unpaired) electrons. The average molecular weight is 173 g/mol. The van der Waals surface area contributed by atoms with Gasteiger partial charge in [0.05, 0.1) is 0 Å². The van der Waals surface area contributed by atoms with Crippen molar-refractivity contribution in [2.75, 3.05) is 0 Å². The topological polar surface area (TPSA) is 61.8 Å². The summed E-state index contributed by atoms with van der Waals surface area (Å²) in [4.78, 5) is 0. The van der Waals surface area contributed by atoms with Crippen molar-refractivity contribution >= 4 is 0 Å². The first kappa shape index (κ1) is 9.14. The van der Waals surface area contributed by atoms with Crippen molar-refractivity contribution in [1.29, 1.82) is 5.26 Å². The second kappa shape index (κ2) is 4.83. The van der Waals surface area contributed by atoms with E-state index in [2.05, 4.69) is 5.32 Å². The molecule has 0 saturated carbocycles. The van der Waals surface area contributed by atoms with Gasteiger partial charge in [-0.1, -0.05) is 30.3 Å². The van der Waals surface area contributed by atoms with E-state index in [0.29, 0.717) is 5.82 Å². The van der Waals surface area contributed by atoms with Crippen molar-refractivity contribution in [3.05, 3.63) is 47.8 Å². The highest BCUT2D eigenvalue weighted by Gasteiger charge is 1.89. The first-order valence-corrected chi connectivity index (χ1v) is 3.97. The van der Waals surface area contributed by atoms with Gasteiger partial charge < -0.3 is 5.73 Å². The third-order valence-corrected chi connectivity index (χ3v) is 1.60. The lowest BCUT2D eigenvalue weighted by molar-refractivity contribution is 1.01. The predicted molar refractivity (Wildman–Crippen MR) is 51.2 cm³/mol. The highest BCUT2D eigenvalue weighted by atomic mass is 15.0. The molecule has 0 spiro atoms. The van der Waals surface area contributed by atoms with Crippen molar-refractivity contribution < 1.29 is 0 Å². The quantitative estimate of drug-likeness (QED) is 0.531. The molecule has 1 aromatic rings. The third-order valence-electron chi connectivity index (χ3n) is 1.60. The molecular formula is C10H11N3. The van der Waals surface area contributed by atoms with E-state index >= 15 is 0 Å². The minimum absolute atomic E-state index is 0.395. The van der Waals surface area contributed by atoms with Crippen LogP contribution in [-0.2, 0) is 6.42 Å². The fourth-order valence-corrected chi connectivity index (χ4v) is 0.957. The van der Waals surface area contributed by atoms with E-state index in [0.717, 1.165) is 6.42 Å². The maximum Gasteiger partial charge on any atom is 0.182 e. The Hall–Kier alpha value is -1.95. The number of hydrogen-bond acceptors (Lipinski definition) is 3. The van der Waals surface area contributed by atoms with Crippen molar-refractivity contribution in [2.24, 2.45) is 5.73 Å². The van der Waals surface area contributed by atoms with Crippen LogP contribution in [0.1, 0.15) is 5.56 Å². The third kappa shape index (κ3) is 3.30. The number of nitrogens with two attached hydrogens (primary N) is 1. The molecule has 1 rings (SSSR count). The van der Waals surface area contributed by atoms with Gasteiger partial charge in [-0.15, -0.1) is 0 Å². The Bertz CT molecular complexity index is 322. The smallest absolute Gasteiger partial charge is 0.182 e. The van der Waals surface area contributed by atoms with E-state index in [1.807, 2.05) is 30.3 Å². The van der Waals surface area contributed by atoms with Gasteiger partial charge in [-0.25, -0.2) is 0 Å². The Morgan fingerprint density at radius 3 is 2.77 bits per heavy atom. The van der Waals surface area contributed by atoms with E-state index in [1.54, 1.807) is 12.3 Å². The van der Waals surface area contributed by atoms with Gasteiger partial charge in [0.25, 0.3) is 0 Å². The zero-order valence-corrected chi connectivity index (χ0v) is 7.20. The van der Waals surface area contributed by atoms with Crippen LogP contribution in [0, 0.1) is 11.5 Å². The highest BCUT2D eigenvalue weighted by molar-refractivity contribution is 5.18. The lowest BCUT2D eigenvalue weighted by Gasteiger charge is -1.97. The Labute approximate surface area is 77.5 Å². The van der Waals surface area contributed by atoms with Crippen molar-refractivity contribution in [1.82, 2.24) is 5.32 Å². The summed E-state index contributed by atoms with van der Waals surface area (Å²) in [5, 5.41) is 10.6. The maximum absolute atomic E-state index is 8.25. The molecular weight excluding hydrogens is 162 g/mol. The Kier molecular flexibility index (Phi) is 3.40. The van der Waals surface area contributed by atoms with Gasteiger partial charge in [0.2, 0.25) is 0 Å². The number of allylic oxidation sites excluding steroid dienone is 1. The lowest BCUT2D eigenvalue weighted by Crippen LogP contribution is -2.14. The summed E-state index contributed by atoms with van der Waals surface area (Å²) in [5.74, 6) is 0.395.